The molecule has 23 heavy (non-hydrogen) atoms. The van der Waals surface area contributed by atoms with Gasteiger partial charge < -0.3 is 10.6 Å². The van der Waals surface area contributed by atoms with Crippen LogP contribution in [0.2, 0.25) is 0 Å². The fourth-order valence-electron chi connectivity index (χ4n) is 2.39. The van der Waals surface area contributed by atoms with Crippen LogP contribution >= 0.6 is 15.9 Å². The summed E-state index contributed by atoms with van der Waals surface area (Å²) in [7, 11) is 0. The summed E-state index contributed by atoms with van der Waals surface area (Å²) in [6.07, 6.45) is 0. The first-order valence-electron chi connectivity index (χ1n) is 7.50. The number of carbonyl (C=O) groups excluding carboxylic acids is 1. The lowest BCUT2D eigenvalue weighted by Crippen LogP contribution is -2.33. The summed E-state index contributed by atoms with van der Waals surface area (Å²) >= 11 is 3.19. The Bertz CT molecular complexity index is 661. The number of hydrogen-bond donors (Lipinski definition) is 2. The van der Waals surface area contributed by atoms with E-state index >= 15 is 0 Å². The standard InChI is InChI=1S/C18H20BrFN2O/c1-12(2)18(13-6-4-3-5-7-13)21-11-17(23)22-16-9-8-14(19)10-15(16)20/h3-10,12,18,21H,11H2,1-2H3,(H,22,23)/t18-/m1/s1. The SMILES string of the molecule is CC(C)[C@@H](NCC(=O)Nc1ccc(Br)cc1F)c1ccccc1. The number of halogens is 2. The van der Waals surface area contributed by atoms with Crippen LogP contribution in [0.1, 0.15) is 25.5 Å². The van der Waals surface area contributed by atoms with E-state index in [0.717, 1.165) is 5.56 Å². The average Bonchev–Trinajstić information content (AvgIpc) is 2.51. The van der Waals surface area contributed by atoms with Crippen molar-refractivity contribution in [3.05, 3.63) is 64.4 Å². The van der Waals surface area contributed by atoms with Crippen molar-refractivity contribution in [3.63, 3.8) is 0 Å². The molecule has 0 aromatic heterocycles. The maximum atomic E-state index is 13.7. The van der Waals surface area contributed by atoms with Crippen LogP contribution in [-0.4, -0.2) is 12.5 Å². The van der Waals surface area contributed by atoms with E-state index in [4.69, 9.17) is 0 Å². The van der Waals surface area contributed by atoms with Gasteiger partial charge in [0, 0.05) is 10.5 Å². The molecule has 0 radical (unpaired) electrons. The van der Waals surface area contributed by atoms with Gasteiger partial charge >= 0.3 is 0 Å². The summed E-state index contributed by atoms with van der Waals surface area (Å²) in [5.41, 5.74) is 1.31. The Morgan fingerprint density at radius 1 is 1.17 bits per heavy atom. The normalized spacial score (nSPS) is 12.2. The van der Waals surface area contributed by atoms with Gasteiger partial charge in [0.15, 0.2) is 0 Å². The highest BCUT2D eigenvalue weighted by atomic mass is 79.9. The number of benzene rings is 2. The monoisotopic (exact) mass is 378 g/mol. The molecule has 2 N–H and O–H groups in total. The molecule has 2 rings (SSSR count). The largest absolute Gasteiger partial charge is 0.322 e. The molecule has 0 unspecified atom stereocenters. The highest BCUT2D eigenvalue weighted by molar-refractivity contribution is 9.10. The number of amides is 1. The minimum Gasteiger partial charge on any atom is -0.322 e. The van der Waals surface area contributed by atoms with E-state index in [-0.39, 0.29) is 24.2 Å². The molecule has 0 fully saturated rings. The Hall–Kier alpha value is -1.72. The topological polar surface area (TPSA) is 41.1 Å². The lowest BCUT2D eigenvalue weighted by molar-refractivity contribution is -0.115. The smallest absolute Gasteiger partial charge is 0.238 e. The zero-order chi connectivity index (χ0) is 16.8. The van der Waals surface area contributed by atoms with Crippen LogP contribution in [0.25, 0.3) is 0 Å². The molecule has 2 aromatic rings. The van der Waals surface area contributed by atoms with Crippen LogP contribution in [0.15, 0.2) is 53.0 Å². The van der Waals surface area contributed by atoms with Gasteiger partial charge in [0.2, 0.25) is 5.91 Å². The number of nitrogens with one attached hydrogen (secondary N) is 2. The number of anilines is 1. The second kappa shape index (κ2) is 8.22. The van der Waals surface area contributed by atoms with Gasteiger partial charge in [0.1, 0.15) is 5.82 Å². The Morgan fingerprint density at radius 3 is 2.48 bits per heavy atom. The summed E-state index contributed by atoms with van der Waals surface area (Å²) < 4.78 is 14.4. The van der Waals surface area contributed by atoms with Crippen molar-refractivity contribution >= 4 is 27.5 Å². The Labute approximate surface area is 144 Å². The molecule has 3 nitrogen and oxygen atoms in total. The molecule has 0 aliphatic heterocycles. The van der Waals surface area contributed by atoms with Gasteiger partial charge in [-0.05, 0) is 29.7 Å². The summed E-state index contributed by atoms with van der Waals surface area (Å²) in [5, 5.41) is 5.83. The van der Waals surface area contributed by atoms with Crippen molar-refractivity contribution in [1.82, 2.24) is 5.32 Å². The third-order valence-corrected chi connectivity index (χ3v) is 4.01. The molecule has 0 saturated carbocycles. The van der Waals surface area contributed by atoms with Crippen LogP contribution in [0.3, 0.4) is 0 Å². The van der Waals surface area contributed by atoms with E-state index in [1.165, 1.54) is 12.1 Å². The lowest BCUT2D eigenvalue weighted by atomic mass is 9.96. The summed E-state index contributed by atoms with van der Waals surface area (Å²) in [6.45, 7) is 4.31. The third-order valence-electron chi connectivity index (χ3n) is 3.51. The molecule has 2 aromatic carbocycles. The van der Waals surface area contributed by atoms with Gasteiger partial charge in [-0.25, -0.2) is 4.39 Å². The van der Waals surface area contributed by atoms with E-state index in [9.17, 15) is 9.18 Å². The number of carbonyl (C=O) groups is 1. The predicted molar refractivity (Wildman–Crippen MR) is 94.8 cm³/mol. The molecular formula is C18H20BrFN2O. The van der Waals surface area contributed by atoms with Gasteiger partial charge in [-0.3, -0.25) is 4.79 Å². The van der Waals surface area contributed by atoms with Gasteiger partial charge in [0.05, 0.1) is 12.2 Å². The average molecular weight is 379 g/mol. The van der Waals surface area contributed by atoms with E-state index in [1.54, 1.807) is 6.07 Å². The first-order valence-corrected chi connectivity index (χ1v) is 8.30. The van der Waals surface area contributed by atoms with Crippen molar-refractivity contribution in [2.75, 3.05) is 11.9 Å². The molecule has 0 aliphatic rings. The van der Waals surface area contributed by atoms with Crippen molar-refractivity contribution < 1.29 is 9.18 Å². The Morgan fingerprint density at radius 2 is 1.87 bits per heavy atom. The summed E-state index contributed by atoms with van der Waals surface area (Å²) in [4.78, 5) is 12.1. The fourth-order valence-corrected chi connectivity index (χ4v) is 2.72. The summed E-state index contributed by atoms with van der Waals surface area (Å²) in [5.74, 6) is -0.404. The van der Waals surface area contributed by atoms with Crippen LogP contribution in [0.5, 0.6) is 0 Å². The maximum absolute atomic E-state index is 13.7. The van der Waals surface area contributed by atoms with E-state index in [0.29, 0.717) is 10.4 Å². The Balaban J connectivity index is 1.97. The van der Waals surface area contributed by atoms with Crippen molar-refractivity contribution in [1.29, 1.82) is 0 Å². The van der Waals surface area contributed by atoms with Gasteiger partial charge in [0.25, 0.3) is 0 Å². The molecule has 1 atom stereocenters. The van der Waals surface area contributed by atoms with E-state index in [2.05, 4.69) is 40.4 Å². The highest BCUT2D eigenvalue weighted by Gasteiger charge is 2.16. The fraction of sp³-hybridized carbons (Fsp3) is 0.278. The zero-order valence-corrected chi connectivity index (χ0v) is 14.7. The van der Waals surface area contributed by atoms with Gasteiger partial charge in [-0.15, -0.1) is 0 Å². The lowest BCUT2D eigenvalue weighted by Gasteiger charge is -2.22. The molecule has 0 aliphatic carbocycles. The second-order valence-corrected chi connectivity index (χ2v) is 6.60. The minimum atomic E-state index is -0.462. The highest BCUT2D eigenvalue weighted by Crippen LogP contribution is 2.21. The van der Waals surface area contributed by atoms with Crippen LogP contribution < -0.4 is 10.6 Å². The quantitative estimate of drug-likeness (QED) is 0.775. The Kier molecular flexibility index (Phi) is 6.30. The molecule has 0 saturated heterocycles. The second-order valence-electron chi connectivity index (χ2n) is 5.69. The predicted octanol–water partition coefficient (Wildman–Crippen LogP) is 4.51. The molecule has 5 heteroatoms. The third kappa shape index (κ3) is 5.15. The maximum Gasteiger partial charge on any atom is 0.238 e. The van der Waals surface area contributed by atoms with Crippen LogP contribution in [-0.2, 0) is 4.79 Å². The molecular weight excluding hydrogens is 359 g/mol. The first-order chi connectivity index (χ1) is 11.0. The zero-order valence-electron chi connectivity index (χ0n) is 13.1. The number of hydrogen-bond acceptors (Lipinski definition) is 2. The van der Waals surface area contributed by atoms with Crippen molar-refractivity contribution in [3.8, 4) is 0 Å². The van der Waals surface area contributed by atoms with Crippen LogP contribution in [0, 0.1) is 11.7 Å². The number of rotatable bonds is 6. The molecule has 0 heterocycles. The summed E-state index contributed by atoms with van der Waals surface area (Å²) in [6, 6.07) is 14.6. The van der Waals surface area contributed by atoms with E-state index in [1.807, 2.05) is 30.3 Å². The molecule has 0 bridgehead atoms. The van der Waals surface area contributed by atoms with Gasteiger partial charge in [-0.1, -0.05) is 60.1 Å². The van der Waals surface area contributed by atoms with E-state index < -0.39 is 5.82 Å². The van der Waals surface area contributed by atoms with Crippen LogP contribution in [0.4, 0.5) is 10.1 Å². The minimum absolute atomic E-state index is 0.0664. The molecule has 1 amide bonds. The van der Waals surface area contributed by atoms with Gasteiger partial charge in [-0.2, -0.15) is 0 Å². The molecule has 0 spiro atoms. The van der Waals surface area contributed by atoms with Crippen molar-refractivity contribution in [2.45, 2.75) is 19.9 Å². The molecule has 122 valence electrons. The van der Waals surface area contributed by atoms with Crippen molar-refractivity contribution in [2.24, 2.45) is 5.92 Å². The first kappa shape index (κ1) is 17.6.